The number of nitrogen functional groups attached to an aromatic ring is 1. The number of rotatable bonds is 2. The maximum atomic E-state index is 12.4. The lowest BCUT2D eigenvalue weighted by Crippen LogP contribution is -2.44. The molecule has 1 fully saturated rings. The average Bonchev–Trinajstić information content (AvgIpc) is 2.62. The third kappa shape index (κ3) is 2.37. The summed E-state index contributed by atoms with van der Waals surface area (Å²) in [5.74, 6) is -0.0564. The van der Waals surface area contributed by atoms with Gasteiger partial charge in [-0.2, -0.15) is 4.31 Å². The van der Waals surface area contributed by atoms with E-state index in [9.17, 15) is 13.5 Å². The van der Waals surface area contributed by atoms with Gasteiger partial charge in [0.15, 0.2) is 9.34 Å². The van der Waals surface area contributed by atoms with Crippen molar-refractivity contribution in [2.24, 2.45) is 5.92 Å². The highest BCUT2D eigenvalue weighted by Crippen LogP contribution is 2.30. The van der Waals surface area contributed by atoms with Crippen molar-refractivity contribution in [2.75, 3.05) is 18.8 Å². The summed E-state index contributed by atoms with van der Waals surface area (Å²) in [7, 11) is -3.53. The van der Waals surface area contributed by atoms with E-state index < -0.39 is 16.1 Å². The molecule has 2 rings (SSSR count). The second kappa shape index (κ2) is 4.76. The van der Waals surface area contributed by atoms with Gasteiger partial charge < -0.3 is 10.8 Å². The molecule has 2 atom stereocenters. The van der Waals surface area contributed by atoms with E-state index in [1.807, 2.05) is 6.92 Å². The number of thiazole rings is 1. The number of sulfonamides is 1. The van der Waals surface area contributed by atoms with Crippen LogP contribution in [0.15, 0.2) is 4.21 Å². The Hall–Kier alpha value is -0.700. The monoisotopic (exact) mass is 291 g/mol. The Morgan fingerprint density at radius 2 is 2.22 bits per heavy atom. The summed E-state index contributed by atoms with van der Waals surface area (Å²) in [5.41, 5.74) is 5.98. The van der Waals surface area contributed by atoms with E-state index >= 15 is 0 Å². The predicted molar refractivity (Wildman–Crippen MR) is 69.8 cm³/mol. The molecule has 2 unspecified atom stereocenters. The Morgan fingerprint density at radius 1 is 1.56 bits per heavy atom. The largest absolute Gasteiger partial charge is 0.393 e. The van der Waals surface area contributed by atoms with Crippen molar-refractivity contribution in [1.29, 1.82) is 0 Å². The SMILES string of the molecule is Cc1nc(N)sc1S(=O)(=O)N1CCC(O)C(C)C1. The van der Waals surface area contributed by atoms with Gasteiger partial charge in [0.2, 0.25) is 0 Å². The molecule has 0 radical (unpaired) electrons. The number of piperidine rings is 1. The van der Waals surface area contributed by atoms with Crippen LogP contribution < -0.4 is 5.73 Å². The number of aliphatic hydroxyl groups is 1. The highest BCUT2D eigenvalue weighted by molar-refractivity contribution is 7.91. The molecule has 102 valence electrons. The molecule has 0 spiro atoms. The van der Waals surface area contributed by atoms with Crippen molar-refractivity contribution in [3.05, 3.63) is 5.69 Å². The van der Waals surface area contributed by atoms with Crippen LogP contribution in [0.4, 0.5) is 5.13 Å². The van der Waals surface area contributed by atoms with Crippen LogP contribution in [0.3, 0.4) is 0 Å². The Kier molecular flexibility index (Phi) is 3.63. The van der Waals surface area contributed by atoms with Gasteiger partial charge in [-0.15, -0.1) is 0 Å². The first-order valence-corrected chi connectivity index (χ1v) is 7.99. The fraction of sp³-hybridized carbons (Fsp3) is 0.700. The Balaban J connectivity index is 2.29. The fourth-order valence-electron chi connectivity index (χ4n) is 2.07. The summed E-state index contributed by atoms with van der Waals surface area (Å²) in [4.78, 5) is 3.95. The zero-order chi connectivity index (χ0) is 13.5. The van der Waals surface area contributed by atoms with Crippen LogP contribution in [0.1, 0.15) is 19.0 Å². The lowest BCUT2D eigenvalue weighted by molar-refractivity contribution is 0.0629. The molecule has 0 amide bonds. The third-order valence-corrected chi connectivity index (χ3v) is 6.61. The van der Waals surface area contributed by atoms with Gasteiger partial charge in [0.1, 0.15) is 0 Å². The number of nitrogens with two attached hydrogens (primary N) is 1. The molecule has 6 nitrogen and oxygen atoms in total. The quantitative estimate of drug-likeness (QED) is 0.823. The average molecular weight is 291 g/mol. The topological polar surface area (TPSA) is 96.5 Å². The first-order chi connectivity index (χ1) is 8.32. The molecule has 0 aliphatic carbocycles. The maximum Gasteiger partial charge on any atom is 0.254 e. The molecule has 0 bridgehead atoms. The minimum absolute atomic E-state index is 0.0564. The Labute approximate surface area is 110 Å². The smallest absolute Gasteiger partial charge is 0.254 e. The maximum absolute atomic E-state index is 12.4. The number of aliphatic hydroxyl groups excluding tert-OH is 1. The lowest BCUT2D eigenvalue weighted by Gasteiger charge is -2.33. The van der Waals surface area contributed by atoms with Gasteiger partial charge in [0.25, 0.3) is 10.0 Å². The van der Waals surface area contributed by atoms with Crippen molar-refractivity contribution in [3.8, 4) is 0 Å². The van der Waals surface area contributed by atoms with Crippen molar-refractivity contribution < 1.29 is 13.5 Å². The van der Waals surface area contributed by atoms with Gasteiger partial charge >= 0.3 is 0 Å². The summed E-state index contributed by atoms with van der Waals surface area (Å²) < 4.78 is 26.5. The zero-order valence-corrected chi connectivity index (χ0v) is 12.0. The van der Waals surface area contributed by atoms with Crippen molar-refractivity contribution in [3.63, 3.8) is 0 Å². The van der Waals surface area contributed by atoms with Gasteiger partial charge in [-0.3, -0.25) is 0 Å². The van der Waals surface area contributed by atoms with Crippen LogP contribution in [-0.2, 0) is 10.0 Å². The number of aryl methyl sites for hydroxylation is 1. The molecule has 1 aromatic heterocycles. The normalized spacial score (nSPS) is 26.4. The van der Waals surface area contributed by atoms with E-state index in [0.29, 0.717) is 25.2 Å². The van der Waals surface area contributed by atoms with Crippen LogP contribution in [0.5, 0.6) is 0 Å². The molecule has 1 aliphatic heterocycles. The van der Waals surface area contributed by atoms with Crippen LogP contribution >= 0.6 is 11.3 Å². The second-order valence-corrected chi connectivity index (χ2v) is 7.79. The molecular formula is C10H17N3O3S2. The second-order valence-electron chi connectivity index (χ2n) is 4.62. The standard InChI is InChI=1S/C10H17N3O3S2/c1-6-5-13(4-3-8(6)14)18(15,16)9-7(2)12-10(11)17-9/h6,8,14H,3-5H2,1-2H3,(H2,11,12). The molecule has 3 N–H and O–H groups in total. The number of aromatic nitrogens is 1. The van der Waals surface area contributed by atoms with E-state index in [1.165, 1.54) is 4.31 Å². The van der Waals surface area contributed by atoms with Crippen LogP contribution in [0.25, 0.3) is 0 Å². The van der Waals surface area contributed by atoms with Crippen LogP contribution in [0, 0.1) is 12.8 Å². The molecule has 0 saturated carbocycles. The van der Waals surface area contributed by atoms with Gasteiger partial charge in [-0.1, -0.05) is 18.3 Å². The van der Waals surface area contributed by atoms with E-state index in [0.717, 1.165) is 11.3 Å². The summed E-state index contributed by atoms with van der Waals surface area (Å²) in [5, 5.41) is 9.90. The highest BCUT2D eigenvalue weighted by atomic mass is 32.2. The van der Waals surface area contributed by atoms with Crippen molar-refractivity contribution in [1.82, 2.24) is 9.29 Å². The number of hydrogen-bond donors (Lipinski definition) is 2. The van der Waals surface area contributed by atoms with E-state index in [-0.39, 0.29) is 15.3 Å². The number of hydrogen-bond acceptors (Lipinski definition) is 6. The summed E-state index contributed by atoms with van der Waals surface area (Å²) in [6, 6.07) is 0. The fourth-order valence-corrected chi connectivity index (χ4v) is 5.06. The minimum Gasteiger partial charge on any atom is -0.393 e. The molecule has 1 aliphatic rings. The van der Waals surface area contributed by atoms with Crippen LogP contribution in [0.2, 0.25) is 0 Å². The van der Waals surface area contributed by atoms with Gasteiger partial charge in [0, 0.05) is 13.1 Å². The molecule has 18 heavy (non-hydrogen) atoms. The van der Waals surface area contributed by atoms with Gasteiger partial charge in [-0.05, 0) is 19.3 Å². The molecule has 0 aromatic carbocycles. The molecule has 2 heterocycles. The zero-order valence-electron chi connectivity index (χ0n) is 10.3. The number of anilines is 1. The third-order valence-electron chi connectivity index (χ3n) is 3.17. The minimum atomic E-state index is -3.53. The first-order valence-electron chi connectivity index (χ1n) is 5.73. The Bertz CT molecular complexity index is 541. The highest BCUT2D eigenvalue weighted by Gasteiger charge is 2.34. The summed E-state index contributed by atoms with van der Waals surface area (Å²) in [6.07, 6.45) is 0.0392. The summed E-state index contributed by atoms with van der Waals surface area (Å²) >= 11 is 0.992. The van der Waals surface area contributed by atoms with Crippen LogP contribution in [-0.4, -0.2) is 42.0 Å². The summed E-state index contributed by atoms with van der Waals surface area (Å²) in [6.45, 7) is 4.16. The van der Waals surface area contributed by atoms with E-state index in [2.05, 4.69) is 4.98 Å². The van der Waals surface area contributed by atoms with Crippen molar-refractivity contribution in [2.45, 2.75) is 30.6 Å². The first kappa shape index (κ1) is 13.7. The predicted octanol–water partition coefficient (Wildman–Crippen LogP) is 0.425. The van der Waals surface area contributed by atoms with Gasteiger partial charge in [-0.25, -0.2) is 13.4 Å². The number of nitrogens with zero attached hydrogens (tertiary/aromatic N) is 2. The van der Waals surface area contributed by atoms with E-state index in [1.54, 1.807) is 6.92 Å². The molecule has 1 aromatic rings. The van der Waals surface area contributed by atoms with E-state index in [4.69, 9.17) is 5.73 Å². The van der Waals surface area contributed by atoms with Crippen molar-refractivity contribution >= 4 is 26.5 Å². The molecule has 1 saturated heterocycles. The Morgan fingerprint density at radius 3 is 2.72 bits per heavy atom. The molecule has 8 heteroatoms. The lowest BCUT2D eigenvalue weighted by atomic mass is 9.99. The van der Waals surface area contributed by atoms with Gasteiger partial charge in [0.05, 0.1) is 11.8 Å². The molecular weight excluding hydrogens is 274 g/mol.